The summed E-state index contributed by atoms with van der Waals surface area (Å²) in [7, 11) is 0. The van der Waals surface area contributed by atoms with Crippen LogP contribution in [0.5, 0.6) is 0 Å². The molecule has 0 saturated heterocycles. The smallest absolute Gasteiger partial charge is 0.305 e. The first kappa shape index (κ1) is 19.7. The van der Waals surface area contributed by atoms with Crippen molar-refractivity contribution in [3.05, 3.63) is 83.6 Å². The van der Waals surface area contributed by atoms with Crippen molar-refractivity contribution < 1.29 is 14.7 Å². The van der Waals surface area contributed by atoms with Crippen molar-refractivity contribution in [2.24, 2.45) is 0 Å². The minimum atomic E-state index is -1.01. The van der Waals surface area contributed by atoms with Gasteiger partial charge in [-0.25, -0.2) is 0 Å². The molecule has 0 saturated carbocycles. The van der Waals surface area contributed by atoms with Gasteiger partial charge in [0.25, 0.3) is 5.91 Å². The summed E-state index contributed by atoms with van der Waals surface area (Å²) in [4.78, 5) is 24.6. The van der Waals surface area contributed by atoms with E-state index in [9.17, 15) is 14.9 Å². The predicted octanol–water partition coefficient (Wildman–Crippen LogP) is 2.69. The summed E-state index contributed by atoms with van der Waals surface area (Å²) in [6.07, 6.45) is 1.33. The van der Waals surface area contributed by atoms with Crippen LogP contribution in [0.25, 0.3) is 0 Å². The molecule has 0 atom stereocenters. The minimum Gasteiger partial charge on any atom is -0.481 e. The fourth-order valence-corrected chi connectivity index (χ4v) is 2.48. The Morgan fingerprint density at radius 3 is 1.96 bits per heavy atom. The van der Waals surface area contributed by atoms with Gasteiger partial charge in [-0.15, -0.1) is 0 Å². The van der Waals surface area contributed by atoms with Gasteiger partial charge in [0.1, 0.15) is 11.6 Å². The van der Waals surface area contributed by atoms with Crippen LogP contribution in [0.3, 0.4) is 0 Å². The molecule has 0 aliphatic carbocycles. The van der Waals surface area contributed by atoms with E-state index in [-0.39, 0.29) is 18.5 Å². The number of benzene rings is 2. The van der Waals surface area contributed by atoms with E-state index in [2.05, 4.69) is 5.32 Å². The third-order valence-corrected chi connectivity index (χ3v) is 3.76. The first-order chi connectivity index (χ1) is 13.1. The Hall–Kier alpha value is -3.59. The van der Waals surface area contributed by atoms with E-state index in [1.807, 2.05) is 71.6 Å². The molecule has 0 unspecified atom stereocenters. The van der Waals surface area contributed by atoms with Gasteiger partial charge in [0.05, 0.1) is 6.42 Å². The molecule has 138 valence electrons. The van der Waals surface area contributed by atoms with E-state index >= 15 is 0 Å². The number of carbonyl (C=O) groups excluding carboxylic acids is 1. The molecule has 0 fully saturated rings. The topological polar surface area (TPSA) is 93.4 Å². The van der Waals surface area contributed by atoms with Gasteiger partial charge in [-0.05, 0) is 11.1 Å². The number of nitrogens with one attached hydrogen (secondary N) is 1. The van der Waals surface area contributed by atoms with E-state index in [0.29, 0.717) is 13.1 Å². The molecule has 0 radical (unpaired) electrons. The number of carboxylic acids is 1. The Bertz CT molecular complexity index is 785. The highest BCUT2D eigenvalue weighted by atomic mass is 16.4. The van der Waals surface area contributed by atoms with Crippen LogP contribution < -0.4 is 5.32 Å². The average molecular weight is 363 g/mol. The standard InChI is InChI=1S/C21H21N3O3/c22-13-19(21(27)23-12-11-20(25)26)16-24(14-17-7-3-1-4-8-17)15-18-9-5-2-6-10-18/h1-10,16H,11-12,14-15H2,(H,23,27)(H,25,26)/b19-16-. The van der Waals surface area contributed by atoms with Gasteiger partial charge in [-0.1, -0.05) is 60.7 Å². The molecule has 2 N–H and O–H groups in total. The summed E-state index contributed by atoms with van der Waals surface area (Å²) in [5.74, 6) is -1.59. The maximum absolute atomic E-state index is 12.2. The van der Waals surface area contributed by atoms with Crippen LogP contribution in [-0.2, 0) is 22.7 Å². The van der Waals surface area contributed by atoms with Crippen LogP contribution >= 0.6 is 0 Å². The van der Waals surface area contributed by atoms with E-state index < -0.39 is 11.9 Å². The molecule has 0 heterocycles. The maximum Gasteiger partial charge on any atom is 0.305 e. The van der Waals surface area contributed by atoms with Gasteiger partial charge in [-0.2, -0.15) is 5.26 Å². The number of aliphatic carboxylic acids is 1. The number of nitrogens with zero attached hydrogens (tertiary/aromatic N) is 2. The second kappa shape index (κ2) is 10.4. The molecule has 2 aromatic carbocycles. The van der Waals surface area contributed by atoms with Crippen molar-refractivity contribution in [1.29, 1.82) is 5.26 Å². The number of hydrogen-bond acceptors (Lipinski definition) is 4. The van der Waals surface area contributed by atoms with Crippen molar-refractivity contribution in [1.82, 2.24) is 10.2 Å². The largest absolute Gasteiger partial charge is 0.481 e. The lowest BCUT2D eigenvalue weighted by molar-refractivity contribution is -0.136. The van der Waals surface area contributed by atoms with Crippen LogP contribution in [-0.4, -0.2) is 28.4 Å². The van der Waals surface area contributed by atoms with E-state index in [1.165, 1.54) is 6.20 Å². The molecular weight excluding hydrogens is 342 g/mol. The lowest BCUT2D eigenvalue weighted by Gasteiger charge is -2.21. The van der Waals surface area contributed by atoms with Crippen molar-refractivity contribution in [3.8, 4) is 6.07 Å². The zero-order chi connectivity index (χ0) is 19.5. The number of carbonyl (C=O) groups is 2. The quantitative estimate of drug-likeness (QED) is 0.528. The fraction of sp³-hybridized carbons (Fsp3) is 0.190. The van der Waals surface area contributed by atoms with Crippen LogP contribution in [0.15, 0.2) is 72.4 Å². The van der Waals surface area contributed by atoms with E-state index in [1.54, 1.807) is 0 Å². The van der Waals surface area contributed by atoms with Crippen LogP contribution in [0.1, 0.15) is 17.5 Å². The lowest BCUT2D eigenvalue weighted by atomic mass is 10.1. The molecule has 0 spiro atoms. The Morgan fingerprint density at radius 1 is 1.00 bits per heavy atom. The van der Waals surface area contributed by atoms with Gasteiger partial charge in [0.15, 0.2) is 0 Å². The number of hydrogen-bond donors (Lipinski definition) is 2. The summed E-state index contributed by atoms with van der Waals surface area (Å²) in [6.45, 7) is 1.04. The first-order valence-electron chi connectivity index (χ1n) is 8.52. The molecule has 0 aliphatic rings. The summed E-state index contributed by atoms with van der Waals surface area (Å²) >= 11 is 0. The molecule has 2 rings (SSSR count). The Labute approximate surface area is 158 Å². The monoisotopic (exact) mass is 363 g/mol. The third-order valence-electron chi connectivity index (χ3n) is 3.76. The Morgan fingerprint density at radius 2 is 1.52 bits per heavy atom. The SMILES string of the molecule is N#C/C(=C/N(Cc1ccccc1)Cc1ccccc1)C(=O)NCCC(=O)O. The number of rotatable bonds is 9. The molecule has 0 bridgehead atoms. The summed E-state index contributed by atoms with van der Waals surface area (Å²) in [6, 6.07) is 21.4. The van der Waals surface area contributed by atoms with E-state index in [0.717, 1.165) is 11.1 Å². The fourth-order valence-electron chi connectivity index (χ4n) is 2.48. The van der Waals surface area contributed by atoms with Gasteiger partial charge in [-0.3, -0.25) is 9.59 Å². The first-order valence-corrected chi connectivity index (χ1v) is 8.52. The zero-order valence-corrected chi connectivity index (χ0v) is 14.8. The number of amides is 1. The molecule has 6 heteroatoms. The second-order valence-electron chi connectivity index (χ2n) is 5.93. The van der Waals surface area contributed by atoms with Crippen molar-refractivity contribution >= 4 is 11.9 Å². The van der Waals surface area contributed by atoms with E-state index in [4.69, 9.17) is 5.11 Å². The normalized spacial score (nSPS) is 10.7. The van der Waals surface area contributed by atoms with Gasteiger partial charge >= 0.3 is 5.97 Å². The molecule has 27 heavy (non-hydrogen) atoms. The Kier molecular flexibility index (Phi) is 7.61. The molecule has 6 nitrogen and oxygen atoms in total. The molecule has 0 aromatic heterocycles. The van der Waals surface area contributed by atoms with Crippen molar-refractivity contribution in [2.75, 3.05) is 6.54 Å². The molecule has 2 aromatic rings. The van der Waals surface area contributed by atoms with Crippen LogP contribution in [0.4, 0.5) is 0 Å². The molecule has 0 aliphatic heterocycles. The highest BCUT2D eigenvalue weighted by Crippen LogP contribution is 2.12. The maximum atomic E-state index is 12.2. The van der Waals surface area contributed by atoms with Crippen LogP contribution in [0, 0.1) is 11.3 Å². The summed E-state index contributed by atoms with van der Waals surface area (Å²) in [5.41, 5.74) is 2.04. The van der Waals surface area contributed by atoms with Gasteiger partial charge in [0, 0.05) is 25.8 Å². The van der Waals surface area contributed by atoms with Gasteiger partial charge in [0.2, 0.25) is 0 Å². The second-order valence-corrected chi connectivity index (χ2v) is 5.93. The minimum absolute atomic E-state index is 0.0233. The third kappa shape index (κ3) is 7.04. The lowest BCUT2D eigenvalue weighted by Crippen LogP contribution is -2.28. The van der Waals surface area contributed by atoms with Crippen LogP contribution in [0.2, 0.25) is 0 Å². The van der Waals surface area contributed by atoms with Crippen molar-refractivity contribution in [3.63, 3.8) is 0 Å². The summed E-state index contributed by atoms with van der Waals surface area (Å²) < 4.78 is 0. The molecular formula is C21H21N3O3. The van der Waals surface area contributed by atoms with Crippen molar-refractivity contribution in [2.45, 2.75) is 19.5 Å². The number of carboxylic acid groups (broad SMARTS) is 1. The summed E-state index contributed by atoms with van der Waals surface area (Å²) in [5, 5.41) is 20.5. The Balaban J connectivity index is 2.16. The highest BCUT2D eigenvalue weighted by Gasteiger charge is 2.12. The number of nitriles is 1. The highest BCUT2D eigenvalue weighted by molar-refractivity contribution is 5.97. The zero-order valence-electron chi connectivity index (χ0n) is 14.8. The predicted molar refractivity (Wildman–Crippen MR) is 101 cm³/mol. The molecule has 1 amide bonds. The van der Waals surface area contributed by atoms with Gasteiger partial charge < -0.3 is 15.3 Å². The average Bonchev–Trinajstić information content (AvgIpc) is 2.67.